The van der Waals surface area contributed by atoms with Crippen molar-refractivity contribution in [1.82, 2.24) is 15.1 Å². The van der Waals surface area contributed by atoms with E-state index in [2.05, 4.69) is 10.2 Å². The van der Waals surface area contributed by atoms with Gasteiger partial charge in [-0.25, -0.2) is 4.39 Å². The van der Waals surface area contributed by atoms with E-state index in [9.17, 15) is 27.5 Å². The molecule has 0 spiro atoms. The van der Waals surface area contributed by atoms with Crippen LogP contribution < -0.4 is 5.32 Å². The molecule has 0 aliphatic carbocycles. The van der Waals surface area contributed by atoms with Gasteiger partial charge in [0.25, 0.3) is 0 Å². The monoisotopic (exact) mass is 417 g/mol. The molecule has 0 bridgehead atoms. The van der Waals surface area contributed by atoms with Crippen molar-refractivity contribution in [3.63, 3.8) is 0 Å². The van der Waals surface area contributed by atoms with Gasteiger partial charge in [-0.15, -0.1) is 0 Å². The maximum atomic E-state index is 13.7. The molecule has 162 valence electrons. The second-order valence-corrected chi connectivity index (χ2v) is 7.80. The number of nitrogens with zero attached hydrogens (tertiary/aromatic N) is 2. The zero-order valence-corrected chi connectivity index (χ0v) is 16.2. The van der Waals surface area contributed by atoms with Crippen LogP contribution in [0.1, 0.15) is 37.4 Å². The van der Waals surface area contributed by atoms with Gasteiger partial charge in [0.05, 0.1) is 18.7 Å². The van der Waals surface area contributed by atoms with Gasteiger partial charge in [-0.3, -0.25) is 14.6 Å². The predicted molar refractivity (Wildman–Crippen MR) is 99.6 cm³/mol. The molecular weight excluding hydrogens is 390 g/mol. The molecule has 2 aliphatic heterocycles. The zero-order chi connectivity index (χ0) is 21.0. The summed E-state index contributed by atoms with van der Waals surface area (Å²) in [5.74, 6) is -0.752. The number of rotatable bonds is 6. The van der Waals surface area contributed by atoms with Crippen LogP contribution in [0.4, 0.5) is 17.6 Å². The fraction of sp³-hybridized carbons (Fsp3) is 0.650. The van der Waals surface area contributed by atoms with E-state index in [0.717, 1.165) is 13.0 Å². The van der Waals surface area contributed by atoms with E-state index < -0.39 is 24.6 Å². The minimum atomic E-state index is -4.19. The number of carbonyl (C=O) groups excluding carboxylic acids is 1. The number of nitrogens with one attached hydrogen (secondary N) is 1. The summed E-state index contributed by atoms with van der Waals surface area (Å²) in [4.78, 5) is 16.1. The first-order chi connectivity index (χ1) is 13.7. The Balaban J connectivity index is 1.50. The van der Waals surface area contributed by atoms with E-state index in [1.807, 2.05) is 0 Å². The molecule has 0 aromatic heterocycles. The second-order valence-electron chi connectivity index (χ2n) is 7.80. The van der Waals surface area contributed by atoms with Crippen molar-refractivity contribution < 1.29 is 27.5 Å². The van der Waals surface area contributed by atoms with Gasteiger partial charge in [-0.1, -0.05) is 18.2 Å². The molecule has 1 aromatic carbocycles. The Morgan fingerprint density at radius 1 is 1.17 bits per heavy atom. The summed E-state index contributed by atoms with van der Waals surface area (Å²) in [6, 6.07) is 5.59. The van der Waals surface area contributed by atoms with E-state index in [4.69, 9.17) is 0 Å². The fourth-order valence-corrected chi connectivity index (χ4v) is 4.34. The largest absolute Gasteiger partial charge is 0.401 e. The number of aliphatic hydroxyl groups excluding tert-OH is 1. The van der Waals surface area contributed by atoms with Gasteiger partial charge in [0, 0.05) is 18.2 Å². The SMILES string of the molecule is O=C(NCC(O)c1ccccc1F)C1CCCN1C1CCN(CC(F)(F)F)CC1. The number of benzene rings is 1. The van der Waals surface area contributed by atoms with Crippen LogP contribution in [0.3, 0.4) is 0 Å². The number of halogens is 4. The zero-order valence-electron chi connectivity index (χ0n) is 16.2. The first-order valence-corrected chi connectivity index (χ1v) is 9.99. The third kappa shape index (κ3) is 5.90. The van der Waals surface area contributed by atoms with Crippen LogP contribution in [0.2, 0.25) is 0 Å². The van der Waals surface area contributed by atoms with Crippen LogP contribution in [-0.2, 0) is 4.79 Å². The van der Waals surface area contributed by atoms with Crippen molar-refractivity contribution in [2.75, 3.05) is 32.7 Å². The topological polar surface area (TPSA) is 55.8 Å². The number of hydrogen-bond acceptors (Lipinski definition) is 4. The third-order valence-corrected chi connectivity index (χ3v) is 5.76. The molecule has 5 nitrogen and oxygen atoms in total. The summed E-state index contributed by atoms with van der Waals surface area (Å²) in [5, 5.41) is 12.9. The number of aliphatic hydroxyl groups is 1. The average molecular weight is 417 g/mol. The highest BCUT2D eigenvalue weighted by Gasteiger charge is 2.38. The van der Waals surface area contributed by atoms with Crippen molar-refractivity contribution >= 4 is 5.91 Å². The number of likely N-dealkylation sites (tertiary alicyclic amines) is 2. The highest BCUT2D eigenvalue weighted by Crippen LogP contribution is 2.28. The Labute approximate surface area is 167 Å². The van der Waals surface area contributed by atoms with Crippen LogP contribution in [0.15, 0.2) is 24.3 Å². The van der Waals surface area contributed by atoms with Crippen molar-refractivity contribution in [3.05, 3.63) is 35.6 Å². The maximum Gasteiger partial charge on any atom is 0.401 e. The van der Waals surface area contributed by atoms with Crippen molar-refractivity contribution in [2.24, 2.45) is 0 Å². The Morgan fingerprint density at radius 3 is 2.52 bits per heavy atom. The van der Waals surface area contributed by atoms with E-state index in [0.29, 0.717) is 32.4 Å². The highest BCUT2D eigenvalue weighted by atomic mass is 19.4. The lowest BCUT2D eigenvalue weighted by atomic mass is 10.0. The Kier molecular flexibility index (Phi) is 7.13. The molecule has 3 rings (SSSR count). The Bertz CT molecular complexity index is 693. The molecule has 2 heterocycles. The molecule has 2 saturated heterocycles. The van der Waals surface area contributed by atoms with Crippen LogP contribution in [0.25, 0.3) is 0 Å². The van der Waals surface area contributed by atoms with Gasteiger partial charge < -0.3 is 10.4 Å². The lowest BCUT2D eigenvalue weighted by molar-refractivity contribution is -0.149. The van der Waals surface area contributed by atoms with Crippen molar-refractivity contribution in [1.29, 1.82) is 0 Å². The van der Waals surface area contributed by atoms with Gasteiger partial charge in [0.15, 0.2) is 0 Å². The average Bonchev–Trinajstić information content (AvgIpc) is 3.15. The normalized spacial score (nSPS) is 23.3. The van der Waals surface area contributed by atoms with E-state index in [-0.39, 0.29) is 30.1 Å². The molecular formula is C20H27F4N3O2. The smallest absolute Gasteiger partial charge is 0.386 e. The second kappa shape index (κ2) is 9.40. The maximum absolute atomic E-state index is 13.7. The number of piperidine rings is 1. The van der Waals surface area contributed by atoms with Crippen LogP contribution in [0, 0.1) is 5.82 Å². The quantitative estimate of drug-likeness (QED) is 0.699. The molecule has 2 fully saturated rings. The molecule has 2 atom stereocenters. The Morgan fingerprint density at radius 2 is 1.86 bits per heavy atom. The van der Waals surface area contributed by atoms with E-state index >= 15 is 0 Å². The number of amides is 1. The molecule has 29 heavy (non-hydrogen) atoms. The summed E-state index contributed by atoms with van der Waals surface area (Å²) in [6.07, 6.45) is -2.63. The van der Waals surface area contributed by atoms with Gasteiger partial charge in [0.2, 0.25) is 5.91 Å². The number of carbonyl (C=O) groups is 1. The summed E-state index contributed by atoms with van der Waals surface area (Å²) in [6.45, 7) is 0.478. The third-order valence-electron chi connectivity index (χ3n) is 5.76. The molecule has 2 N–H and O–H groups in total. The van der Waals surface area contributed by atoms with E-state index in [1.54, 1.807) is 6.07 Å². The first kappa shape index (κ1) is 22.0. The Hall–Kier alpha value is -1.71. The summed E-state index contributed by atoms with van der Waals surface area (Å²) < 4.78 is 51.4. The van der Waals surface area contributed by atoms with Crippen molar-refractivity contribution in [3.8, 4) is 0 Å². The molecule has 0 saturated carbocycles. The van der Waals surface area contributed by atoms with Gasteiger partial charge >= 0.3 is 6.18 Å². The lowest BCUT2D eigenvalue weighted by Gasteiger charge is -2.39. The van der Waals surface area contributed by atoms with Gasteiger partial charge in [0.1, 0.15) is 5.82 Å². The molecule has 0 radical (unpaired) electrons. The fourth-order valence-electron chi connectivity index (χ4n) is 4.34. The number of hydrogen-bond donors (Lipinski definition) is 2. The molecule has 2 unspecified atom stereocenters. The van der Waals surface area contributed by atoms with Gasteiger partial charge in [-0.2, -0.15) is 13.2 Å². The number of alkyl halides is 3. The van der Waals surface area contributed by atoms with E-state index in [1.165, 1.54) is 23.1 Å². The molecule has 9 heteroatoms. The predicted octanol–water partition coefficient (Wildman–Crippen LogP) is 2.47. The summed E-state index contributed by atoms with van der Waals surface area (Å²) in [5.41, 5.74) is 0.133. The standard InChI is InChI=1S/C20H27F4N3O2/c21-16-5-2-1-4-15(16)18(28)12-25-19(29)17-6-3-9-27(17)14-7-10-26(11-8-14)13-20(22,23)24/h1-2,4-5,14,17-18,28H,3,6-13H2,(H,25,29). The molecule has 1 amide bonds. The van der Waals surface area contributed by atoms with Gasteiger partial charge in [-0.05, 0) is 51.4 Å². The van der Waals surface area contributed by atoms with Crippen molar-refractivity contribution in [2.45, 2.75) is 50.0 Å². The minimum Gasteiger partial charge on any atom is -0.386 e. The summed E-state index contributed by atoms with van der Waals surface area (Å²) >= 11 is 0. The van der Waals surface area contributed by atoms with Crippen LogP contribution in [-0.4, -0.2) is 71.8 Å². The first-order valence-electron chi connectivity index (χ1n) is 9.99. The molecule has 1 aromatic rings. The highest BCUT2D eigenvalue weighted by molar-refractivity contribution is 5.82. The van der Waals surface area contributed by atoms with Crippen LogP contribution >= 0.6 is 0 Å². The summed E-state index contributed by atoms with van der Waals surface area (Å²) in [7, 11) is 0. The molecule has 2 aliphatic rings. The minimum absolute atomic E-state index is 0.0780. The lowest BCUT2D eigenvalue weighted by Crippen LogP contribution is -2.52. The van der Waals surface area contributed by atoms with Crippen LogP contribution in [0.5, 0.6) is 0 Å².